The van der Waals surface area contributed by atoms with Crippen LogP contribution in [0.15, 0.2) is 54.7 Å². The van der Waals surface area contributed by atoms with E-state index in [-0.39, 0.29) is 30.0 Å². The molecular weight excluding hydrogens is 473 g/mol. The molecule has 0 saturated carbocycles. The lowest BCUT2D eigenvalue weighted by Crippen LogP contribution is -2.34. The Bertz CT molecular complexity index is 1280. The summed E-state index contributed by atoms with van der Waals surface area (Å²) in [6.07, 6.45) is 2.15. The number of anilines is 4. The number of aromatic nitrogens is 2. The first-order valence-corrected chi connectivity index (χ1v) is 13.1. The minimum Gasteiger partial charge on any atom is -0.484 e. The summed E-state index contributed by atoms with van der Waals surface area (Å²) >= 11 is 0. The van der Waals surface area contributed by atoms with E-state index in [4.69, 9.17) is 4.74 Å². The topological polar surface area (TPSA) is 114 Å². The van der Waals surface area contributed by atoms with Gasteiger partial charge < -0.3 is 20.3 Å². The predicted molar refractivity (Wildman–Crippen MR) is 133 cm³/mol. The molecule has 1 aromatic heterocycles. The molecule has 0 atom stereocenters. The van der Waals surface area contributed by atoms with Gasteiger partial charge in [-0.25, -0.2) is 17.8 Å². The highest BCUT2D eigenvalue weighted by molar-refractivity contribution is 7.89. The molecule has 0 unspecified atom stereocenters. The van der Waals surface area contributed by atoms with Crippen molar-refractivity contribution in [1.82, 2.24) is 14.9 Å². The van der Waals surface area contributed by atoms with E-state index in [2.05, 4.69) is 20.6 Å². The van der Waals surface area contributed by atoms with Crippen LogP contribution in [0.4, 0.5) is 27.5 Å². The van der Waals surface area contributed by atoms with Crippen molar-refractivity contribution in [2.24, 2.45) is 0 Å². The Balaban J connectivity index is 1.74. The zero-order valence-corrected chi connectivity index (χ0v) is 20.6. The molecule has 1 amide bonds. The minimum absolute atomic E-state index is 0.0842. The number of likely N-dealkylation sites (N-methyl/N-ethyl adjacent to an activating group) is 1. The summed E-state index contributed by atoms with van der Waals surface area (Å²) in [4.78, 5) is 22.0. The zero-order chi connectivity index (χ0) is 25.4. The Hall–Kier alpha value is -3.73. The highest BCUT2D eigenvalue weighted by Gasteiger charge is 2.14. The Kier molecular flexibility index (Phi) is 8.58. The number of hydrogen-bond donors (Lipinski definition) is 2. The Morgan fingerprint density at radius 1 is 1.09 bits per heavy atom. The Morgan fingerprint density at radius 3 is 2.54 bits per heavy atom. The molecule has 0 aliphatic heterocycles. The second kappa shape index (κ2) is 11.6. The third kappa shape index (κ3) is 7.64. The smallest absolute Gasteiger partial charge is 0.260 e. The summed E-state index contributed by atoms with van der Waals surface area (Å²) in [5.74, 6) is -0.520. The first-order chi connectivity index (χ1) is 16.7. The number of rotatable bonds is 11. The maximum atomic E-state index is 14.4. The maximum Gasteiger partial charge on any atom is 0.260 e. The number of halogens is 1. The first-order valence-electron chi connectivity index (χ1n) is 11.0. The van der Waals surface area contributed by atoms with E-state index in [9.17, 15) is 17.6 Å². The van der Waals surface area contributed by atoms with Gasteiger partial charge >= 0.3 is 0 Å². The predicted octanol–water partition coefficient (Wildman–Crippen LogP) is 3.89. The summed E-state index contributed by atoms with van der Waals surface area (Å²) in [6, 6.07) is 13.6. The standard InChI is InChI=1S/C24H28FN5O4S/c1-4-30(5-2)22(31)15-34-19-11-8-10-18(13-19)27-24-26-14-20(25)23(29-24)28-21-12-7-6-9-17(21)16-35(3,32)33/h6-14H,4-5,15-16H2,1-3H3,(H2,26,27,28,29). The van der Waals surface area contributed by atoms with Crippen LogP contribution in [0, 0.1) is 5.82 Å². The number of sulfone groups is 1. The fraction of sp³-hybridized carbons (Fsp3) is 0.292. The molecule has 11 heteroatoms. The van der Waals surface area contributed by atoms with Crippen molar-refractivity contribution in [2.75, 3.05) is 36.6 Å². The number of amides is 1. The molecule has 0 fully saturated rings. The normalized spacial score (nSPS) is 11.1. The third-order valence-corrected chi connectivity index (χ3v) is 5.84. The van der Waals surface area contributed by atoms with Crippen molar-refractivity contribution < 1.29 is 22.3 Å². The van der Waals surface area contributed by atoms with E-state index in [0.29, 0.717) is 35.8 Å². The van der Waals surface area contributed by atoms with E-state index in [1.54, 1.807) is 53.4 Å². The SMILES string of the molecule is CCN(CC)C(=O)COc1cccc(Nc2ncc(F)c(Nc3ccccc3CS(C)(=O)=O)n2)c1. The molecule has 2 aromatic carbocycles. The number of benzene rings is 2. The van der Waals surface area contributed by atoms with Gasteiger partial charge in [-0.05, 0) is 37.6 Å². The summed E-state index contributed by atoms with van der Waals surface area (Å²) in [5.41, 5.74) is 1.49. The van der Waals surface area contributed by atoms with Crippen molar-refractivity contribution >= 4 is 38.9 Å². The molecule has 0 saturated heterocycles. The van der Waals surface area contributed by atoms with Gasteiger partial charge in [0.25, 0.3) is 5.91 Å². The zero-order valence-electron chi connectivity index (χ0n) is 19.8. The molecule has 3 rings (SSSR count). The second-order valence-corrected chi connectivity index (χ2v) is 9.89. The van der Waals surface area contributed by atoms with Crippen molar-refractivity contribution in [3.05, 3.63) is 66.1 Å². The molecule has 2 N–H and O–H groups in total. The highest BCUT2D eigenvalue weighted by atomic mass is 32.2. The molecule has 3 aromatic rings. The monoisotopic (exact) mass is 501 g/mol. The fourth-order valence-electron chi connectivity index (χ4n) is 3.30. The van der Waals surface area contributed by atoms with E-state index < -0.39 is 15.7 Å². The molecule has 1 heterocycles. The van der Waals surface area contributed by atoms with Gasteiger partial charge in [0.1, 0.15) is 5.75 Å². The number of para-hydroxylation sites is 1. The van der Waals surface area contributed by atoms with Crippen LogP contribution in [-0.2, 0) is 20.4 Å². The van der Waals surface area contributed by atoms with Gasteiger partial charge in [-0.15, -0.1) is 0 Å². The maximum absolute atomic E-state index is 14.4. The quantitative estimate of drug-likeness (QED) is 0.407. The first kappa shape index (κ1) is 25.9. The minimum atomic E-state index is -3.29. The molecule has 35 heavy (non-hydrogen) atoms. The number of ether oxygens (including phenoxy) is 1. The number of carbonyl (C=O) groups excluding carboxylic acids is 1. The number of nitrogens with one attached hydrogen (secondary N) is 2. The van der Waals surface area contributed by atoms with E-state index in [0.717, 1.165) is 12.5 Å². The lowest BCUT2D eigenvalue weighted by Gasteiger charge is -2.18. The molecule has 0 aliphatic carbocycles. The van der Waals surface area contributed by atoms with Crippen LogP contribution in [0.3, 0.4) is 0 Å². The van der Waals surface area contributed by atoms with Crippen LogP contribution in [0.1, 0.15) is 19.4 Å². The summed E-state index contributed by atoms with van der Waals surface area (Å²) in [7, 11) is -3.29. The van der Waals surface area contributed by atoms with Gasteiger partial charge in [-0.2, -0.15) is 4.98 Å². The van der Waals surface area contributed by atoms with Crippen LogP contribution in [0.25, 0.3) is 0 Å². The molecule has 0 bridgehead atoms. The lowest BCUT2D eigenvalue weighted by molar-refractivity contribution is -0.132. The van der Waals surface area contributed by atoms with Crippen LogP contribution in [-0.4, -0.2) is 55.1 Å². The molecule has 9 nitrogen and oxygen atoms in total. The van der Waals surface area contributed by atoms with Crippen molar-refractivity contribution in [2.45, 2.75) is 19.6 Å². The van der Waals surface area contributed by atoms with E-state index in [1.165, 1.54) is 0 Å². The van der Waals surface area contributed by atoms with Crippen LogP contribution < -0.4 is 15.4 Å². The largest absolute Gasteiger partial charge is 0.484 e. The number of hydrogen-bond acceptors (Lipinski definition) is 8. The molecule has 0 aliphatic rings. The number of nitrogens with zero attached hydrogens (tertiary/aromatic N) is 3. The van der Waals surface area contributed by atoms with Gasteiger partial charge in [0, 0.05) is 36.8 Å². The molecule has 0 radical (unpaired) electrons. The fourth-order valence-corrected chi connectivity index (χ4v) is 4.12. The molecule has 186 valence electrons. The van der Waals surface area contributed by atoms with E-state index >= 15 is 0 Å². The van der Waals surface area contributed by atoms with Crippen LogP contribution in [0.2, 0.25) is 0 Å². The third-order valence-electron chi connectivity index (χ3n) is 5.00. The number of carbonyl (C=O) groups is 1. The van der Waals surface area contributed by atoms with Gasteiger partial charge in [-0.3, -0.25) is 4.79 Å². The summed E-state index contributed by atoms with van der Waals surface area (Å²) in [5, 5.41) is 5.84. The Morgan fingerprint density at radius 2 is 1.83 bits per heavy atom. The van der Waals surface area contributed by atoms with Gasteiger partial charge in [0.2, 0.25) is 5.95 Å². The average molecular weight is 502 g/mol. The average Bonchev–Trinajstić information content (AvgIpc) is 2.81. The van der Waals surface area contributed by atoms with E-state index in [1.807, 2.05) is 13.8 Å². The summed E-state index contributed by atoms with van der Waals surface area (Å²) in [6.45, 7) is 4.94. The highest BCUT2D eigenvalue weighted by Crippen LogP contribution is 2.25. The summed E-state index contributed by atoms with van der Waals surface area (Å²) < 4.78 is 43.5. The van der Waals surface area contributed by atoms with Gasteiger partial charge in [-0.1, -0.05) is 24.3 Å². The van der Waals surface area contributed by atoms with Gasteiger partial charge in [0.05, 0.1) is 11.9 Å². The Labute approximate surface area is 204 Å². The van der Waals surface area contributed by atoms with Gasteiger partial charge in [0.15, 0.2) is 28.1 Å². The molecular formula is C24H28FN5O4S. The van der Waals surface area contributed by atoms with Crippen LogP contribution >= 0.6 is 0 Å². The van der Waals surface area contributed by atoms with Crippen molar-refractivity contribution in [1.29, 1.82) is 0 Å². The van der Waals surface area contributed by atoms with Crippen molar-refractivity contribution in [3.8, 4) is 5.75 Å². The second-order valence-electron chi connectivity index (χ2n) is 7.75. The van der Waals surface area contributed by atoms with Crippen LogP contribution in [0.5, 0.6) is 5.75 Å². The van der Waals surface area contributed by atoms with Crippen molar-refractivity contribution in [3.63, 3.8) is 0 Å². The molecule has 0 spiro atoms. The lowest BCUT2D eigenvalue weighted by atomic mass is 10.2.